The molecule has 88 valence electrons. The van der Waals surface area contributed by atoms with Gasteiger partial charge in [0.25, 0.3) is 0 Å². The number of hydrogen-bond donors (Lipinski definition) is 1. The third-order valence-electron chi connectivity index (χ3n) is 2.81. The van der Waals surface area contributed by atoms with E-state index in [1.165, 1.54) is 0 Å². The Bertz CT molecular complexity index is 436. The van der Waals surface area contributed by atoms with Gasteiger partial charge in [0.05, 0.1) is 12.3 Å². The molecule has 0 spiro atoms. The first-order valence-corrected chi connectivity index (χ1v) is 6.24. The Balaban J connectivity index is 2.16. The Morgan fingerprint density at radius 3 is 3.06 bits per heavy atom. The molecule has 1 unspecified atom stereocenters. The van der Waals surface area contributed by atoms with Crippen LogP contribution in [0.5, 0.6) is 0 Å². The summed E-state index contributed by atoms with van der Waals surface area (Å²) in [5.41, 5.74) is 6.99. The molecule has 0 saturated heterocycles. The third kappa shape index (κ3) is 2.26. The number of ether oxygens (including phenoxy) is 1. The summed E-state index contributed by atoms with van der Waals surface area (Å²) in [5.74, 6) is 0. The quantitative estimate of drug-likeness (QED) is 0.864. The standard InChI is InChI=1S/C11H17N3OS/c1-3-11(12,8-15-2)6-9-7-14-4-5-16-10(14)13-9/h4-5,7H,3,6,8,12H2,1-2H3. The highest BCUT2D eigenvalue weighted by Crippen LogP contribution is 2.17. The second-order valence-electron chi connectivity index (χ2n) is 4.15. The summed E-state index contributed by atoms with van der Waals surface area (Å²) < 4.78 is 7.20. The van der Waals surface area contributed by atoms with Gasteiger partial charge >= 0.3 is 0 Å². The molecule has 0 amide bonds. The van der Waals surface area contributed by atoms with Gasteiger partial charge in [-0.2, -0.15) is 0 Å². The highest BCUT2D eigenvalue weighted by molar-refractivity contribution is 7.15. The van der Waals surface area contributed by atoms with Crippen LogP contribution in [0, 0.1) is 0 Å². The molecule has 1 atom stereocenters. The monoisotopic (exact) mass is 239 g/mol. The smallest absolute Gasteiger partial charge is 0.193 e. The van der Waals surface area contributed by atoms with E-state index in [9.17, 15) is 0 Å². The van der Waals surface area contributed by atoms with Crippen LogP contribution >= 0.6 is 11.3 Å². The average molecular weight is 239 g/mol. The predicted octanol–water partition coefficient (Wildman–Crippen LogP) is 1.69. The van der Waals surface area contributed by atoms with Crippen LogP contribution in [-0.4, -0.2) is 28.6 Å². The molecule has 0 radical (unpaired) electrons. The Labute approximate surface area is 99.1 Å². The molecule has 5 heteroatoms. The fourth-order valence-corrected chi connectivity index (χ4v) is 2.51. The minimum atomic E-state index is -0.307. The predicted molar refractivity (Wildman–Crippen MR) is 65.9 cm³/mol. The van der Waals surface area contributed by atoms with Crippen LogP contribution in [0.3, 0.4) is 0 Å². The summed E-state index contributed by atoms with van der Waals surface area (Å²) in [4.78, 5) is 5.55. The van der Waals surface area contributed by atoms with Crippen LogP contribution in [0.2, 0.25) is 0 Å². The summed E-state index contributed by atoms with van der Waals surface area (Å²) in [6, 6.07) is 0. The maximum absolute atomic E-state index is 6.26. The Morgan fingerprint density at radius 1 is 1.62 bits per heavy atom. The van der Waals surface area contributed by atoms with Crippen LogP contribution in [0.15, 0.2) is 17.8 Å². The van der Waals surface area contributed by atoms with Crippen LogP contribution < -0.4 is 5.73 Å². The van der Waals surface area contributed by atoms with Gasteiger partial charge in [0.15, 0.2) is 4.96 Å². The zero-order valence-electron chi connectivity index (χ0n) is 9.64. The van der Waals surface area contributed by atoms with Gasteiger partial charge in [0, 0.05) is 36.8 Å². The molecule has 0 aliphatic rings. The molecule has 2 rings (SSSR count). The Hall–Kier alpha value is -0.910. The van der Waals surface area contributed by atoms with Crippen molar-refractivity contribution >= 4 is 16.3 Å². The zero-order valence-corrected chi connectivity index (χ0v) is 10.5. The van der Waals surface area contributed by atoms with E-state index in [0.29, 0.717) is 6.61 Å². The van der Waals surface area contributed by atoms with Gasteiger partial charge in [-0.3, -0.25) is 4.40 Å². The summed E-state index contributed by atoms with van der Waals surface area (Å²) >= 11 is 1.63. The first kappa shape index (κ1) is 11.6. The van der Waals surface area contributed by atoms with Gasteiger partial charge in [-0.15, -0.1) is 11.3 Å². The summed E-state index contributed by atoms with van der Waals surface area (Å²) in [6.07, 6.45) is 5.69. The third-order valence-corrected chi connectivity index (χ3v) is 3.58. The molecular weight excluding hydrogens is 222 g/mol. The lowest BCUT2D eigenvalue weighted by molar-refractivity contribution is 0.129. The van der Waals surface area contributed by atoms with Crippen molar-refractivity contribution in [1.29, 1.82) is 0 Å². The normalized spacial score (nSPS) is 15.4. The molecule has 0 bridgehead atoms. The molecule has 4 nitrogen and oxygen atoms in total. The number of aromatic nitrogens is 2. The highest BCUT2D eigenvalue weighted by Gasteiger charge is 2.24. The van der Waals surface area contributed by atoms with Gasteiger partial charge in [-0.25, -0.2) is 4.98 Å². The molecule has 0 aromatic carbocycles. The molecule has 2 N–H and O–H groups in total. The van der Waals surface area contributed by atoms with E-state index in [1.807, 2.05) is 22.2 Å². The zero-order chi connectivity index (χ0) is 11.6. The van der Waals surface area contributed by atoms with Crippen molar-refractivity contribution < 1.29 is 4.74 Å². The van der Waals surface area contributed by atoms with Crippen LogP contribution in [-0.2, 0) is 11.2 Å². The van der Waals surface area contributed by atoms with Crippen LogP contribution in [0.1, 0.15) is 19.0 Å². The van der Waals surface area contributed by atoms with E-state index in [-0.39, 0.29) is 5.54 Å². The summed E-state index contributed by atoms with van der Waals surface area (Å²) in [6.45, 7) is 2.64. The number of thiazole rings is 1. The number of methoxy groups -OCH3 is 1. The van der Waals surface area contributed by atoms with Crippen molar-refractivity contribution in [2.45, 2.75) is 25.3 Å². The second-order valence-corrected chi connectivity index (χ2v) is 5.02. The summed E-state index contributed by atoms with van der Waals surface area (Å²) in [7, 11) is 1.68. The van der Waals surface area contributed by atoms with Crippen molar-refractivity contribution in [2.24, 2.45) is 5.73 Å². The van der Waals surface area contributed by atoms with Crippen molar-refractivity contribution in [3.63, 3.8) is 0 Å². The largest absolute Gasteiger partial charge is 0.383 e. The average Bonchev–Trinajstić information content (AvgIpc) is 2.78. The number of nitrogens with zero attached hydrogens (tertiary/aromatic N) is 2. The topological polar surface area (TPSA) is 52.5 Å². The van der Waals surface area contributed by atoms with Gasteiger partial charge in [0.1, 0.15) is 0 Å². The number of nitrogens with two attached hydrogens (primary N) is 1. The summed E-state index contributed by atoms with van der Waals surface area (Å²) in [5, 5.41) is 2.02. The van der Waals surface area contributed by atoms with E-state index in [0.717, 1.165) is 23.5 Å². The van der Waals surface area contributed by atoms with Crippen molar-refractivity contribution in [1.82, 2.24) is 9.38 Å². The van der Waals surface area contributed by atoms with Gasteiger partial charge in [-0.05, 0) is 6.42 Å². The van der Waals surface area contributed by atoms with Gasteiger partial charge in [-0.1, -0.05) is 6.92 Å². The fraction of sp³-hybridized carbons (Fsp3) is 0.545. The first-order chi connectivity index (χ1) is 7.67. The van der Waals surface area contributed by atoms with E-state index in [4.69, 9.17) is 10.5 Å². The first-order valence-electron chi connectivity index (χ1n) is 5.36. The van der Waals surface area contributed by atoms with Crippen LogP contribution in [0.25, 0.3) is 4.96 Å². The van der Waals surface area contributed by atoms with E-state index < -0.39 is 0 Å². The van der Waals surface area contributed by atoms with E-state index in [1.54, 1.807) is 18.4 Å². The molecule has 2 heterocycles. The SMILES string of the molecule is CCC(N)(COC)Cc1cn2ccsc2n1. The lowest BCUT2D eigenvalue weighted by atomic mass is 9.93. The van der Waals surface area contributed by atoms with Crippen molar-refractivity contribution in [2.75, 3.05) is 13.7 Å². The molecular formula is C11H17N3OS. The lowest BCUT2D eigenvalue weighted by Gasteiger charge is -2.26. The van der Waals surface area contributed by atoms with Gasteiger partial charge in [0.2, 0.25) is 0 Å². The van der Waals surface area contributed by atoms with E-state index >= 15 is 0 Å². The number of hydrogen-bond acceptors (Lipinski definition) is 4. The number of fused-ring (bicyclic) bond motifs is 1. The molecule has 0 fully saturated rings. The Morgan fingerprint density at radius 2 is 2.44 bits per heavy atom. The molecule has 16 heavy (non-hydrogen) atoms. The van der Waals surface area contributed by atoms with E-state index in [2.05, 4.69) is 11.9 Å². The molecule has 2 aromatic heterocycles. The number of imidazole rings is 1. The van der Waals surface area contributed by atoms with Crippen LogP contribution in [0.4, 0.5) is 0 Å². The minimum Gasteiger partial charge on any atom is -0.383 e. The second kappa shape index (κ2) is 4.53. The number of rotatable bonds is 5. The molecule has 0 aliphatic heterocycles. The van der Waals surface area contributed by atoms with Gasteiger partial charge < -0.3 is 10.5 Å². The highest BCUT2D eigenvalue weighted by atomic mass is 32.1. The maximum Gasteiger partial charge on any atom is 0.193 e. The molecule has 0 saturated carbocycles. The molecule has 0 aliphatic carbocycles. The Kier molecular flexibility index (Phi) is 3.28. The van der Waals surface area contributed by atoms with Crippen molar-refractivity contribution in [3.05, 3.63) is 23.5 Å². The molecule has 2 aromatic rings. The fourth-order valence-electron chi connectivity index (χ4n) is 1.79. The lowest BCUT2D eigenvalue weighted by Crippen LogP contribution is -2.45. The maximum atomic E-state index is 6.26. The van der Waals surface area contributed by atoms with Crippen molar-refractivity contribution in [3.8, 4) is 0 Å². The minimum absolute atomic E-state index is 0.307.